The van der Waals surface area contributed by atoms with Crippen LogP contribution in [0.3, 0.4) is 0 Å². The highest BCUT2D eigenvalue weighted by Gasteiger charge is 2.45. The Morgan fingerprint density at radius 2 is 1.10 bits per heavy atom. The Morgan fingerprint density at radius 1 is 0.600 bits per heavy atom. The molecule has 0 radical (unpaired) electrons. The molecule has 0 bridgehead atoms. The second-order valence-electron chi connectivity index (χ2n) is 20.7. The molecule has 5 atom stereocenters. The normalized spacial score (nSPS) is 21.5. The molecule has 2 aliphatic heterocycles. The average Bonchev–Trinajstić information content (AvgIpc) is 3.28. The first-order valence-electron chi connectivity index (χ1n) is 25.5. The first-order valence-corrected chi connectivity index (χ1v) is 25.5. The fraction of sp³-hybridized carbons (Fsp3) is 0.714. The van der Waals surface area contributed by atoms with Crippen molar-refractivity contribution in [2.24, 2.45) is 11.8 Å². The van der Waals surface area contributed by atoms with Crippen LogP contribution in [0.5, 0.6) is 0 Å². The number of rotatable bonds is 21. The van der Waals surface area contributed by atoms with Crippen molar-refractivity contribution in [1.82, 2.24) is 20.0 Å². The minimum atomic E-state index is -0.791. The molecule has 0 aliphatic carbocycles. The summed E-state index contributed by atoms with van der Waals surface area (Å²) in [7, 11) is 0. The van der Waals surface area contributed by atoms with Crippen molar-refractivity contribution in [2.75, 3.05) is 85.2 Å². The number of hydrogen-bond donors (Lipinski definition) is 1. The number of benzene rings is 2. The fourth-order valence-corrected chi connectivity index (χ4v) is 8.60. The van der Waals surface area contributed by atoms with Gasteiger partial charge in [0, 0.05) is 45.2 Å². The Labute approximate surface area is 423 Å². The highest BCUT2D eigenvalue weighted by Crippen LogP contribution is 2.34. The van der Waals surface area contributed by atoms with E-state index in [1.165, 1.54) is 12.8 Å². The molecule has 4 rings (SSSR count). The molecule has 70 heavy (non-hydrogen) atoms. The summed E-state index contributed by atoms with van der Waals surface area (Å²) in [4.78, 5) is 58.5. The molecule has 2 aromatic carbocycles. The van der Waals surface area contributed by atoms with Crippen LogP contribution < -0.4 is 5.32 Å². The molecule has 2 aliphatic rings. The van der Waals surface area contributed by atoms with Crippen LogP contribution in [0, 0.1) is 11.8 Å². The number of nitrogens with one attached hydrogen (secondary N) is 1. The number of unbranched alkanes of at least 4 members (excludes halogenated alkanes) is 7. The molecule has 0 spiro atoms. The molecule has 2 heterocycles. The third kappa shape index (κ3) is 25.0. The van der Waals surface area contributed by atoms with Gasteiger partial charge in [0.1, 0.15) is 17.8 Å². The van der Waals surface area contributed by atoms with E-state index in [4.69, 9.17) is 28.4 Å². The van der Waals surface area contributed by atoms with Crippen LogP contribution in [-0.2, 0) is 38.0 Å². The molecular weight excluding hydrogens is 889 g/mol. The summed E-state index contributed by atoms with van der Waals surface area (Å²) in [6.45, 7) is 24.2. The summed E-state index contributed by atoms with van der Waals surface area (Å²) in [6, 6.07) is 17.8. The van der Waals surface area contributed by atoms with Crippen molar-refractivity contribution in [3.05, 3.63) is 71.8 Å². The minimum absolute atomic E-state index is 0. The van der Waals surface area contributed by atoms with Crippen molar-refractivity contribution in [1.29, 1.82) is 0 Å². The van der Waals surface area contributed by atoms with Crippen LogP contribution in [0.25, 0.3) is 0 Å². The molecule has 2 aromatic rings. The summed E-state index contributed by atoms with van der Waals surface area (Å²) in [6.07, 6.45) is 8.72. The molecule has 2 saturated heterocycles. The van der Waals surface area contributed by atoms with Gasteiger partial charge in [0.25, 0.3) is 0 Å². The van der Waals surface area contributed by atoms with Crippen LogP contribution >= 0.6 is 0 Å². The Hall–Kier alpha value is -3.92. The number of carbonyl (C=O) groups excluding carboxylic acids is 4. The van der Waals surface area contributed by atoms with E-state index >= 15 is 0 Å². The zero-order valence-corrected chi connectivity index (χ0v) is 42.8. The first kappa shape index (κ1) is 62.2. The molecule has 1 N–H and O–H groups in total. The number of ether oxygens (including phenoxy) is 6. The van der Waals surface area contributed by atoms with Gasteiger partial charge in [-0.1, -0.05) is 104 Å². The Bertz CT molecular complexity index is 1750. The van der Waals surface area contributed by atoms with Gasteiger partial charge in [-0.05, 0) is 124 Å². The molecule has 14 heteroatoms. The maximum absolute atomic E-state index is 13.2. The van der Waals surface area contributed by atoms with Crippen molar-refractivity contribution in [3.8, 4) is 0 Å². The van der Waals surface area contributed by atoms with Crippen molar-refractivity contribution in [3.63, 3.8) is 0 Å². The summed E-state index contributed by atoms with van der Waals surface area (Å²) in [5.74, 6) is -1.38. The smallest absolute Gasteiger partial charge is 0.338 e. The summed E-state index contributed by atoms with van der Waals surface area (Å²) in [5, 5.41) is 3.53. The monoisotopic (exact) mass is 983 g/mol. The van der Waals surface area contributed by atoms with E-state index in [1.807, 2.05) is 79.7 Å². The summed E-state index contributed by atoms with van der Waals surface area (Å²) < 4.78 is 35.8. The number of carbonyl (C=O) groups is 4. The van der Waals surface area contributed by atoms with Crippen molar-refractivity contribution in [2.45, 2.75) is 164 Å². The lowest BCUT2D eigenvalue weighted by molar-refractivity contribution is -0.274. The second-order valence-corrected chi connectivity index (χ2v) is 20.7. The van der Waals surface area contributed by atoms with Gasteiger partial charge in [-0.25, -0.2) is 9.59 Å². The molecule has 0 amide bonds. The van der Waals surface area contributed by atoms with E-state index < -0.39 is 41.6 Å². The number of esters is 4. The predicted molar refractivity (Wildman–Crippen MR) is 279 cm³/mol. The van der Waals surface area contributed by atoms with Gasteiger partial charge in [0.15, 0.2) is 12.4 Å². The SMILES string of the molecule is C.C.C[C@@H]1C(COC(=O)c2ccccc2)O[C@@H](OCCCCCCCCCCN2CCCN(CC(=O)OC(C)(C)C)CCNCCCN(CC(=O)OC(C)(C)C)CC2)C(OC(=O)c2ccccc2)[C@H]1C. The molecular formula is C56H94N4O10. The molecule has 0 aromatic heterocycles. The number of nitrogens with zero attached hydrogens (tertiary/aromatic N) is 3. The molecule has 0 saturated carbocycles. The lowest BCUT2D eigenvalue weighted by Crippen LogP contribution is -2.53. The van der Waals surface area contributed by atoms with Gasteiger partial charge in [0.2, 0.25) is 0 Å². The van der Waals surface area contributed by atoms with Crippen LogP contribution in [-0.4, -0.2) is 153 Å². The molecule has 14 nitrogen and oxygen atoms in total. The van der Waals surface area contributed by atoms with E-state index in [0.717, 1.165) is 110 Å². The quantitative estimate of drug-likeness (QED) is 0.0720. The van der Waals surface area contributed by atoms with E-state index in [0.29, 0.717) is 17.7 Å². The van der Waals surface area contributed by atoms with Gasteiger partial charge < -0.3 is 38.6 Å². The molecule has 2 fully saturated rings. The topological polar surface area (TPSA) is 145 Å². The van der Waals surface area contributed by atoms with Crippen LogP contribution in [0.15, 0.2) is 60.7 Å². The standard InChI is InChI=1S/C54H86N4O10.2CH4/c1-42-43(2)49(66-51(62)45-27-19-16-20-28-45)52(65-46(42)41-64-50(61)44-25-17-15-18-26-44)63-38-22-14-12-10-9-11-13-21-31-56-33-24-34-57(39-47(59)67-53(3,4)5)35-30-55-29-23-32-58(37-36-56)40-48(60)68-54(6,7)8;;/h15-20,25-28,42-43,46,49,52,55H,9-14,21-24,29-41H2,1-8H3;2*1H4/t42-,43-,46?,49?,52+;;/m0../s1. The lowest BCUT2D eigenvalue weighted by Gasteiger charge is -2.43. The van der Waals surface area contributed by atoms with Gasteiger partial charge in [-0.2, -0.15) is 0 Å². The third-order valence-corrected chi connectivity index (χ3v) is 12.5. The maximum atomic E-state index is 13.2. The van der Waals surface area contributed by atoms with Gasteiger partial charge >= 0.3 is 23.9 Å². The number of hydrogen-bond acceptors (Lipinski definition) is 14. The Kier molecular flexibility index (Phi) is 29.3. The van der Waals surface area contributed by atoms with Gasteiger partial charge in [-0.15, -0.1) is 0 Å². The van der Waals surface area contributed by atoms with Gasteiger partial charge in [-0.3, -0.25) is 19.4 Å². The van der Waals surface area contributed by atoms with E-state index in [1.54, 1.807) is 36.4 Å². The minimum Gasteiger partial charge on any atom is -0.459 e. The second kappa shape index (κ2) is 32.9. The van der Waals surface area contributed by atoms with E-state index in [2.05, 4.69) is 20.0 Å². The third-order valence-electron chi connectivity index (χ3n) is 12.5. The van der Waals surface area contributed by atoms with E-state index in [-0.39, 0.29) is 58.3 Å². The van der Waals surface area contributed by atoms with Crippen molar-refractivity contribution >= 4 is 23.9 Å². The van der Waals surface area contributed by atoms with E-state index in [9.17, 15) is 19.2 Å². The van der Waals surface area contributed by atoms with Crippen LogP contribution in [0.2, 0.25) is 0 Å². The van der Waals surface area contributed by atoms with Crippen LogP contribution in [0.1, 0.15) is 155 Å². The summed E-state index contributed by atoms with van der Waals surface area (Å²) >= 11 is 0. The predicted octanol–water partition coefficient (Wildman–Crippen LogP) is 9.45. The molecule has 2 unspecified atom stereocenters. The fourth-order valence-electron chi connectivity index (χ4n) is 8.60. The largest absolute Gasteiger partial charge is 0.459 e. The Morgan fingerprint density at radius 3 is 1.69 bits per heavy atom. The zero-order chi connectivity index (χ0) is 49.4. The lowest BCUT2D eigenvalue weighted by atomic mass is 9.83. The van der Waals surface area contributed by atoms with Crippen LogP contribution in [0.4, 0.5) is 0 Å². The molecule has 398 valence electrons. The highest BCUT2D eigenvalue weighted by atomic mass is 16.7. The highest BCUT2D eigenvalue weighted by molar-refractivity contribution is 5.89. The Balaban J connectivity index is 0.00000840. The first-order chi connectivity index (χ1) is 32.5. The van der Waals surface area contributed by atoms with Crippen molar-refractivity contribution < 1.29 is 47.6 Å². The van der Waals surface area contributed by atoms with Gasteiger partial charge in [0.05, 0.1) is 30.3 Å². The maximum Gasteiger partial charge on any atom is 0.338 e. The zero-order valence-electron chi connectivity index (χ0n) is 42.8. The average molecular weight is 983 g/mol. The summed E-state index contributed by atoms with van der Waals surface area (Å²) in [5.41, 5.74) is -0.0816.